The van der Waals surface area contributed by atoms with Crippen LogP contribution < -0.4 is 4.90 Å². The molecule has 0 unspecified atom stereocenters. The minimum Gasteiger partial charge on any atom is -0.317 e. The fourth-order valence-electron chi connectivity index (χ4n) is 4.93. The van der Waals surface area contributed by atoms with Gasteiger partial charge in [-0.25, -0.2) is 9.18 Å². The summed E-state index contributed by atoms with van der Waals surface area (Å²) in [4.78, 5) is 19.6. The molecule has 26 heavy (non-hydrogen) atoms. The maximum atomic E-state index is 13.7. The number of nitrogens with zero attached hydrogens (tertiary/aromatic N) is 3. The van der Waals surface area contributed by atoms with Gasteiger partial charge in [-0.3, -0.25) is 4.90 Å². The molecule has 0 atom stereocenters. The third kappa shape index (κ3) is 3.11. The second-order valence-electron chi connectivity index (χ2n) is 8.68. The van der Waals surface area contributed by atoms with Crippen LogP contribution >= 0.6 is 0 Å². The van der Waals surface area contributed by atoms with Crippen molar-refractivity contribution in [3.63, 3.8) is 0 Å². The first kappa shape index (κ1) is 17.8. The molecule has 0 N–H and O–H groups in total. The number of amides is 2. The van der Waals surface area contributed by atoms with E-state index in [0.29, 0.717) is 24.2 Å². The molecular formula is C21H30FN3O. The molecule has 1 saturated heterocycles. The predicted molar refractivity (Wildman–Crippen MR) is 102 cm³/mol. The average molecular weight is 359 g/mol. The monoisotopic (exact) mass is 359 g/mol. The van der Waals surface area contributed by atoms with E-state index in [2.05, 4.69) is 23.9 Å². The van der Waals surface area contributed by atoms with E-state index in [1.165, 1.54) is 31.4 Å². The Balaban J connectivity index is 1.59. The molecule has 142 valence electrons. The highest BCUT2D eigenvalue weighted by atomic mass is 19.1. The van der Waals surface area contributed by atoms with Crippen LogP contribution in [0.5, 0.6) is 0 Å². The van der Waals surface area contributed by atoms with Crippen molar-refractivity contribution in [2.45, 2.75) is 56.5 Å². The maximum absolute atomic E-state index is 13.7. The van der Waals surface area contributed by atoms with E-state index >= 15 is 0 Å². The van der Waals surface area contributed by atoms with Crippen LogP contribution in [0.1, 0.15) is 44.9 Å². The second kappa shape index (κ2) is 6.84. The van der Waals surface area contributed by atoms with Crippen molar-refractivity contribution >= 4 is 11.7 Å². The highest BCUT2D eigenvalue weighted by molar-refractivity contribution is 5.95. The summed E-state index contributed by atoms with van der Waals surface area (Å²) in [6.07, 6.45) is 8.09. The Hall–Kier alpha value is -1.62. The lowest BCUT2D eigenvalue weighted by atomic mass is 9.77. The van der Waals surface area contributed by atoms with Crippen molar-refractivity contribution < 1.29 is 9.18 Å². The summed E-state index contributed by atoms with van der Waals surface area (Å²) in [7, 11) is 4.29. The third-order valence-electron chi connectivity index (χ3n) is 6.89. The molecule has 4 nitrogen and oxygen atoms in total. The first-order valence-corrected chi connectivity index (χ1v) is 10.00. The van der Waals surface area contributed by atoms with Crippen LogP contribution in [0.3, 0.4) is 0 Å². The lowest BCUT2D eigenvalue weighted by Gasteiger charge is -2.45. The molecular weight excluding hydrogens is 329 g/mol. The van der Waals surface area contributed by atoms with Crippen molar-refractivity contribution in [3.8, 4) is 0 Å². The summed E-state index contributed by atoms with van der Waals surface area (Å²) in [5.41, 5.74) is 0.617. The summed E-state index contributed by atoms with van der Waals surface area (Å²) in [6.45, 7) is 1.57. The molecule has 5 heteroatoms. The number of hydrogen-bond donors (Lipinski definition) is 0. The van der Waals surface area contributed by atoms with Crippen molar-refractivity contribution in [1.29, 1.82) is 0 Å². The van der Waals surface area contributed by atoms with Crippen molar-refractivity contribution in [1.82, 2.24) is 9.80 Å². The lowest BCUT2D eigenvalue weighted by molar-refractivity contribution is 0.0655. The highest BCUT2D eigenvalue weighted by Crippen LogP contribution is 2.43. The summed E-state index contributed by atoms with van der Waals surface area (Å²) < 4.78 is 13.7. The van der Waals surface area contributed by atoms with E-state index < -0.39 is 0 Å². The molecule has 3 aliphatic rings. The van der Waals surface area contributed by atoms with E-state index in [9.17, 15) is 9.18 Å². The SMILES string of the molecule is CN(C)C1CCC2(CC1)CN(c1cccc(F)c1)C(=O)N2CC1CCC1. The van der Waals surface area contributed by atoms with Crippen molar-refractivity contribution in [3.05, 3.63) is 30.1 Å². The van der Waals surface area contributed by atoms with Gasteiger partial charge in [-0.05, 0) is 76.7 Å². The molecule has 2 saturated carbocycles. The number of benzene rings is 1. The summed E-state index contributed by atoms with van der Waals surface area (Å²) >= 11 is 0. The van der Waals surface area contributed by atoms with Gasteiger partial charge >= 0.3 is 6.03 Å². The normalized spacial score (nSPS) is 29.7. The van der Waals surface area contributed by atoms with Crippen LogP contribution in [0.25, 0.3) is 0 Å². The number of urea groups is 1. The van der Waals surface area contributed by atoms with Crippen LogP contribution in [0, 0.1) is 11.7 Å². The average Bonchev–Trinajstić information content (AvgIpc) is 2.84. The molecule has 0 radical (unpaired) electrons. The summed E-state index contributed by atoms with van der Waals surface area (Å²) in [5.74, 6) is 0.368. The summed E-state index contributed by atoms with van der Waals surface area (Å²) in [6, 6.07) is 7.16. The smallest absolute Gasteiger partial charge is 0.317 e. The Labute approximate surface area is 155 Å². The van der Waals surface area contributed by atoms with Crippen LogP contribution in [0.4, 0.5) is 14.9 Å². The van der Waals surface area contributed by atoms with E-state index in [-0.39, 0.29) is 17.4 Å². The van der Waals surface area contributed by atoms with Gasteiger partial charge in [0.1, 0.15) is 5.82 Å². The molecule has 3 fully saturated rings. The van der Waals surface area contributed by atoms with Crippen LogP contribution in [-0.2, 0) is 0 Å². The fourth-order valence-corrected chi connectivity index (χ4v) is 4.93. The first-order valence-electron chi connectivity index (χ1n) is 10.00. The van der Waals surface area contributed by atoms with Gasteiger partial charge in [-0.1, -0.05) is 12.5 Å². The molecule has 0 aromatic heterocycles. The lowest BCUT2D eigenvalue weighted by Crippen LogP contribution is -2.53. The Bertz CT molecular complexity index is 665. The van der Waals surface area contributed by atoms with Gasteiger partial charge in [0.25, 0.3) is 0 Å². The van der Waals surface area contributed by atoms with Gasteiger partial charge in [0.15, 0.2) is 0 Å². The molecule has 1 spiro atoms. The number of hydrogen-bond acceptors (Lipinski definition) is 2. The molecule has 4 rings (SSSR count). The molecule has 1 heterocycles. The quantitative estimate of drug-likeness (QED) is 0.809. The van der Waals surface area contributed by atoms with Crippen LogP contribution in [0.2, 0.25) is 0 Å². The maximum Gasteiger partial charge on any atom is 0.325 e. The largest absolute Gasteiger partial charge is 0.325 e. The molecule has 1 aromatic carbocycles. The van der Waals surface area contributed by atoms with Crippen molar-refractivity contribution in [2.75, 3.05) is 32.1 Å². The van der Waals surface area contributed by atoms with E-state index in [1.807, 2.05) is 11.0 Å². The molecule has 1 aromatic rings. The Morgan fingerprint density at radius 3 is 2.50 bits per heavy atom. The van der Waals surface area contributed by atoms with Gasteiger partial charge in [-0.15, -0.1) is 0 Å². The third-order valence-corrected chi connectivity index (χ3v) is 6.89. The second-order valence-corrected chi connectivity index (χ2v) is 8.68. The first-order chi connectivity index (χ1) is 12.5. The van der Waals surface area contributed by atoms with Crippen LogP contribution in [-0.4, -0.2) is 54.6 Å². The van der Waals surface area contributed by atoms with Gasteiger partial charge in [-0.2, -0.15) is 0 Å². The number of carbonyl (C=O) groups excluding carboxylic acids is 1. The Kier molecular flexibility index (Phi) is 4.68. The van der Waals surface area contributed by atoms with E-state index in [0.717, 1.165) is 32.2 Å². The standard InChI is InChI=1S/C21H30FN3O/c1-23(2)18-9-11-21(12-10-18)15-24(19-8-4-7-17(22)13-19)20(26)25(21)14-16-5-3-6-16/h4,7-8,13,16,18H,3,5-6,9-12,14-15H2,1-2H3. The zero-order valence-electron chi connectivity index (χ0n) is 16.0. The Morgan fingerprint density at radius 2 is 1.92 bits per heavy atom. The van der Waals surface area contributed by atoms with Crippen LogP contribution in [0.15, 0.2) is 24.3 Å². The zero-order valence-corrected chi connectivity index (χ0v) is 16.0. The molecule has 2 amide bonds. The molecule has 2 aliphatic carbocycles. The predicted octanol–water partition coefficient (Wildman–Crippen LogP) is 4.11. The number of anilines is 1. The Morgan fingerprint density at radius 1 is 1.19 bits per heavy atom. The number of carbonyl (C=O) groups is 1. The minimum atomic E-state index is -0.280. The van der Waals surface area contributed by atoms with Crippen molar-refractivity contribution in [2.24, 2.45) is 5.92 Å². The minimum absolute atomic E-state index is 0.0748. The number of rotatable bonds is 4. The fraction of sp³-hybridized carbons (Fsp3) is 0.667. The summed E-state index contributed by atoms with van der Waals surface area (Å²) in [5, 5.41) is 0. The highest BCUT2D eigenvalue weighted by Gasteiger charge is 2.52. The van der Waals surface area contributed by atoms with Gasteiger partial charge < -0.3 is 9.80 Å². The van der Waals surface area contributed by atoms with Gasteiger partial charge in [0, 0.05) is 18.3 Å². The molecule has 0 bridgehead atoms. The van der Waals surface area contributed by atoms with E-state index in [4.69, 9.17) is 0 Å². The molecule has 1 aliphatic heterocycles. The number of halogens is 1. The van der Waals surface area contributed by atoms with Gasteiger partial charge in [0.05, 0.1) is 12.1 Å². The van der Waals surface area contributed by atoms with Gasteiger partial charge in [0.2, 0.25) is 0 Å². The zero-order chi connectivity index (χ0) is 18.3. The van der Waals surface area contributed by atoms with E-state index in [1.54, 1.807) is 6.07 Å². The topological polar surface area (TPSA) is 26.8 Å².